The van der Waals surface area contributed by atoms with Crippen molar-refractivity contribution in [3.63, 3.8) is 0 Å². The normalized spacial score (nSPS) is 22.4. The van der Waals surface area contributed by atoms with Gasteiger partial charge in [-0.1, -0.05) is 41.4 Å². The molecule has 0 radical (unpaired) electrons. The van der Waals surface area contributed by atoms with E-state index in [1.54, 1.807) is 25.3 Å². The summed E-state index contributed by atoms with van der Waals surface area (Å²) in [5, 5.41) is 13.9. The Morgan fingerprint density at radius 2 is 2.04 bits per heavy atom. The van der Waals surface area contributed by atoms with Gasteiger partial charge in [0, 0.05) is 18.6 Å². The summed E-state index contributed by atoms with van der Waals surface area (Å²) in [4.78, 5) is 13.0. The molecule has 1 saturated heterocycles. The summed E-state index contributed by atoms with van der Waals surface area (Å²) < 4.78 is 5.32. The summed E-state index contributed by atoms with van der Waals surface area (Å²) in [7, 11) is 1.56. The van der Waals surface area contributed by atoms with Gasteiger partial charge < -0.3 is 15.2 Å². The fourth-order valence-corrected chi connectivity index (χ4v) is 3.97. The van der Waals surface area contributed by atoms with Crippen LogP contribution in [0.2, 0.25) is 10.0 Å². The summed E-state index contributed by atoms with van der Waals surface area (Å²) in [6.45, 7) is 0.606. The highest BCUT2D eigenvalue weighted by Gasteiger charge is 2.43. The summed E-state index contributed by atoms with van der Waals surface area (Å²) >= 11 is 12.2. The second-order valence-corrected chi connectivity index (χ2v) is 7.40. The number of carbonyl (C=O) groups is 1. The first kappa shape index (κ1) is 19.2. The Hall–Kier alpha value is -1.59. The largest absolute Gasteiger partial charge is 0.496 e. The molecule has 0 spiro atoms. The highest BCUT2D eigenvalue weighted by molar-refractivity contribution is 6.42. The van der Waals surface area contributed by atoms with Crippen molar-refractivity contribution in [1.82, 2.24) is 5.32 Å². The van der Waals surface area contributed by atoms with Crippen LogP contribution >= 0.6 is 23.2 Å². The number of hydrogen-bond acceptors (Lipinski definition) is 4. The number of rotatable bonds is 6. The Morgan fingerprint density at radius 3 is 2.73 bits per heavy atom. The van der Waals surface area contributed by atoms with Gasteiger partial charge in [0.15, 0.2) is 5.78 Å². The third kappa shape index (κ3) is 3.60. The van der Waals surface area contributed by atoms with Crippen molar-refractivity contribution in [1.29, 1.82) is 0 Å². The van der Waals surface area contributed by atoms with Crippen LogP contribution in [0.15, 0.2) is 42.5 Å². The van der Waals surface area contributed by atoms with E-state index < -0.39 is 0 Å². The molecule has 2 aromatic rings. The van der Waals surface area contributed by atoms with Crippen LogP contribution in [0.4, 0.5) is 0 Å². The van der Waals surface area contributed by atoms with Crippen molar-refractivity contribution in [2.24, 2.45) is 0 Å². The smallest absolute Gasteiger partial charge is 0.183 e. The molecule has 0 saturated carbocycles. The topological polar surface area (TPSA) is 58.6 Å². The van der Waals surface area contributed by atoms with Crippen molar-refractivity contribution in [3.8, 4) is 5.75 Å². The van der Waals surface area contributed by atoms with Gasteiger partial charge in [0.1, 0.15) is 5.75 Å². The van der Waals surface area contributed by atoms with E-state index >= 15 is 0 Å². The molecule has 2 N–H and O–H groups in total. The second kappa shape index (κ2) is 7.97. The van der Waals surface area contributed by atoms with Crippen LogP contribution in [0.3, 0.4) is 0 Å². The van der Waals surface area contributed by atoms with E-state index in [1.807, 2.05) is 24.3 Å². The maximum atomic E-state index is 13.0. The molecule has 4 nitrogen and oxygen atoms in total. The molecule has 0 bridgehead atoms. The molecule has 1 heterocycles. The summed E-state index contributed by atoms with van der Waals surface area (Å²) in [5.41, 5.74) is 1.16. The predicted octanol–water partition coefficient (Wildman–Crippen LogP) is 3.87. The number of nitrogens with one attached hydrogen (secondary N) is 1. The molecule has 2 atom stereocenters. The molecule has 2 aromatic carbocycles. The minimum atomic E-state index is -0.370. The van der Waals surface area contributed by atoms with Crippen molar-refractivity contribution < 1.29 is 14.6 Å². The predicted molar refractivity (Wildman–Crippen MR) is 104 cm³/mol. The van der Waals surface area contributed by atoms with Crippen LogP contribution in [0.1, 0.15) is 28.8 Å². The molecule has 138 valence electrons. The fraction of sp³-hybridized carbons (Fsp3) is 0.350. The number of methoxy groups -OCH3 is 1. The number of carbonyl (C=O) groups excluding carboxylic acids is 1. The number of hydrogen-bond donors (Lipinski definition) is 2. The third-order valence-electron chi connectivity index (χ3n) is 5.09. The van der Waals surface area contributed by atoms with E-state index in [4.69, 9.17) is 27.9 Å². The molecular weight excluding hydrogens is 373 g/mol. The van der Waals surface area contributed by atoms with Crippen molar-refractivity contribution in [2.75, 3.05) is 20.3 Å². The molecular formula is C20H21Cl2NO3. The lowest BCUT2D eigenvalue weighted by Gasteiger charge is -2.29. The number of halogens is 2. The van der Waals surface area contributed by atoms with Crippen LogP contribution in [-0.2, 0) is 5.41 Å². The fourth-order valence-electron chi connectivity index (χ4n) is 3.67. The van der Waals surface area contributed by atoms with E-state index in [0.717, 1.165) is 5.56 Å². The van der Waals surface area contributed by atoms with Gasteiger partial charge in [0.05, 0.1) is 28.8 Å². The van der Waals surface area contributed by atoms with E-state index in [0.29, 0.717) is 40.7 Å². The summed E-state index contributed by atoms with van der Waals surface area (Å²) in [6, 6.07) is 12.4. The Bertz CT molecular complexity index is 811. The zero-order valence-corrected chi connectivity index (χ0v) is 16.0. The summed E-state index contributed by atoms with van der Waals surface area (Å²) in [6.07, 6.45) is 1.11. The van der Waals surface area contributed by atoms with Crippen molar-refractivity contribution in [3.05, 3.63) is 63.6 Å². The highest BCUT2D eigenvalue weighted by atomic mass is 35.5. The molecule has 1 aliphatic heterocycles. The average molecular weight is 394 g/mol. The number of para-hydroxylation sites is 1. The van der Waals surface area contributed by atoms with Gasteiger partial charge in [0.25, 0.3) is 0 Å². The van der Waals surface area contributed by atoms with Crippen molar-refractivity contribution >= 4 is 29.0 Å². The molecule has 1 fully saturated rings. The lowest BCUT2D eigenvalue weighted by molar-refractivity contribution is 0.0945. The quantitative estimate of drug-likeness (QED) is 0.731. The standard InChI is InChI=1S/C20H21Cl2NO3/c1-26-18-5-3-2-4-14(18)19(25)17-11-20(8-9-24,12-23-17)13-6-7-15(21)16(22)10-13/h2-7,10,17,23-24H,8-9,11-12H2,1H3. The second-order valence-electron chi connectivity index (χ2n) is 6.58. The third-order valence-corrected chi connectivity index (χ3v) is 5.83. The monoisotopic (exact) mass is 393 g/mol. The molecule has 0 aliphatic carbocycles. The maximum absolute atomic E-state index is 13.0. The van der Waals surface area contributed by atoms with E-state index in [2.05, 4.69) is 5.32 Å². The van der Waals surface area contributed by atoms with Gasteiger partial charge in [-0.3, -0.25) is 4.79 Å². The maximum Gasteiger partial charge on any atom is 0.183 e. The Labute approximate surface area is 163 Å². The zero-order chi connectivity index (χ0) is 18.7. The molecule has 26 heavy (non-hydrogen) atoms. The van der Waals surface area contributed by atoms with Crippen LogP contribution in [0, 0.1) is 0 Å². The van der Waals surface area contributed by atoms with Gasteiger partial charge in [-0.25, -0.2) is 0 Å². The van der Waals surface area contributed by atoms with Crippen LogP contribution in [0.25, 0.3) is 0 Å². The number of benzene rings is 2. The van der Waals surface area contributed by atoms with Gasteiger partial charge >= 0.3 is 0 Å². The van der Waals surface area contributed by atoms with Crippen LogP contribution in [0.5, 0.6) is 5.75 Å². The zero-order valence-electron chi connectivity index (χ0n) is 14.5. The van der Waals surface area contributed by atoms with Gasteiger partial charge in [0.2, 0.25) is 0 Å². The number of aliphatic hydroxyl groups excluding tert-OH is 1. The lowest BCUT2D eigenvalue weighted by atomic mass is 9.75. The van der Waals surface area contributed by atoms with Gasteiger partial charge in [-0.05, 0) is 42.7 Å². The van der Waals surface area contributed by atoms with E-state index in [1.165, 1.54) is 0 Å². The molecule has 2 unspecified atom stereocenters. The number of ketones is 1. The lowest BCUT2D eigenvalue weighted by Crippen LogP contribution is -2.31. The Kier molecular flexibility index (Phi) is 5.88. The Balaban J connectivity index is 1.90. The van der Waals surface area contributed by atoms with Gasteiger partial charge in [-0.15, -0.1) is 0 Å². The molecule has 0 aromatic heterocycles. The SMILES string of the molecule is COc1ccccc1C(=O)C1CC(CCO)(c2ccc(Cl)c(Cl)c2)CN1. The highest BCUT2D eigenvalue weighted by Crippen LogP contribution is 2.40. The number of ether oxygens (including phenoxy) is 1. The van der Waals surface area contributed by atoms with E-state index in [-0.39, 0.29) is 23.8 Å². The Morgan fingerprint density at radius 1 is 1.27 bits per heavy atom. The van der Waals surface area contributed by atoms with E-state index in [9.17, 15) is 9.90 Å². The first-order valence-electron chi connectivity index (χ1n) is 8.48. The summed E-state index contributed by atoms with van der Waals surface area (Å²) in [5.74, 6) is 0.552. The molecule has 0 amide bonds. The molecule has 1 aliphatic rings. The first-order chi connectivity index (χ1) is 12.5. The van der Waals surface area contributed by atoms with Crippen LogP contribution < -0.4 is 10.1 Å². The number of aliphatic hydroxyl groups is 1. The van der Waals surface area contributed by atoms with Gasteiger partial charge in [-0.2, -0.15) is 0 Å². The minimum absolute atomic E-state index is 0.0117. The number of Topliss-reactive ketones (excluding diaryl/α,β-unsaturated/α-hetero) is 1. The average Bonchev–Trinajstić information content (AvgIpc) is 3.09. The van der Waals surface area contributed by atoms with Crippen LogP contribution in [-0.4, -0.2) is 37.2 Å². The molecule has 3 rings (SSSR count). The van der Waals surface area contributed by atoms with Crippen molar-refractivity contribution in [2.45, 2.75) is 24.3 Å². The molecule has 6 heteroatoms. The first-order valence-corrected chi connectivity index (χ1v) is 9.23. The minimum Gasteiger partial charge on any atom is -0.496 e.